The molecule has 0 atom stereocenters. The van der Waals surface area contributed by atoms with Crippen LogP contribution >= 0.6 is 0 Å². The van der Waals surface area contributed by atoms with Crippen molar-refractivity contribution in [1.82, 2.24) is 15.5 Å². The zero-order chi connectivity index (χ0) is 19.8. The van der Waals surface area contributed by atoms with E-state index < -0.39 is 0 Å². The molecule has 3 rings (SSSR count). The summed E-state index contributed by atoms with van der Waals surface area (Å²) >= 11 is 0. The molecule has 1 fully saturated rings. The van der Waals surface area contributed by atoms with Gasteiger partial charge < -0.3 is 10.6 Å². The Labute approximate surface area is 165 Å². The van der Waals surface area contributed by atoms with E-state index in [0.717, 1.165) is 32.5 Å². The van der Waals surface area contributed by atoms with Gasteiger partial charge in [-0.3, -0.25) is 9.89 Å². The monoisotopic (exact) mass is 379 g/mol. The zero-order valence-electron chi connectivity index (χ0n) is 16.2. The molecule has 0 radical (unpaired) electrons. The highest BCUT2D eigenvalue weighted by Gasteiger charge is 2.20. The summed E-state index contributed by atoms with van der Waals surface area (Å²) in [6.45, 7) is 3.38. The fourth-order valence-corrected chi connectivity index (χ4v) is 3.40. The van der Waals surface area contributed by atoms with Crippen LogP contribution in [0.5, 0.6) is 0 Å². The molecule has 28 heavy (non-hydrogen) atoms. The maximum Gasteiger partial charge on any atom is 0.191 e. The summed E-state index contributed by atoms with van der Waals surface area (Å²) in [4.78, 5) is 6.72. The molecule has 2 aromatic carbocycles. The number of halogens is 1. The van der Waals surface area contributed by atoms with Gasteiger partial charge in [0.2, 0.25) is 0 Å². The minimum absolute atomic E-state index is 0.323. The lowest BCUT2D eigenvalue weighted by Gasteiger charge is -2.33. The summed E-state index contributed by atoms with van der Waals surface area (Å²) in [5.41, 5.74) is 2.18. The van der Waals surface area contributed by atoms with Gasteiger partial charge in [-0.05, 0) is 30.5 Å². The molecular formula is C22H26FN5. The Morgan fingerprint density at radius 1 is 1.21 bits per heavy atom. The third kappa shape index (κ3) is 5.54. The van der Waals surface area contributed by atoms with Crippen LogP contribution in [0.15, 0.2) is 53.5 Å². The molecule has 0 bridgehead atoms. The lowest BCUT2D eigenvalue weighted by molar-refractivity contribution is 0.198. The lowest BCUT2D eigenvalue weighted by atomic mass is 10.0. The summed E-state index contributed by atoms with van der Waals surface area (Å²) < 4.78 is 14.0. The van der Waals surface area contributed by atoms with Crippen molar-refractivity contribution in [2.75, 3.05) is 20.1 Å². The topological polar surface area (TPSA) is 63.5 Å². The fourth-order valence-electron chi connectivity index (χ4n) is 3.40. The van der Waals surface area contributed by atoms with Gasteiger partial charge >= 0.3 is 0 Å². The number of hydrogen-bond acceptors (Lipinski definition) is 3. The van der Waals surface area contributed by atoms with Crippen LogP contribution in [0.4, 0.5) is 4.39 Å². The predicted molar refractivity (Wildman–Crippen MR) is 109 cm³/mol. The van der Waals surface area contributed by atoms with Crippen molar-refractivity contribution in [3.8, 4) is 6.07 Å². The number of rotatable bonds is 5. The summed E-state index contributed by atoms with van der Waals surface area (Å²) in [5.74, 6) is 0.293. The third-order valence-corrected chi connectivity index (χ3v) is 5.03. The number of aliphatic imine (C=N–C) groups is 1. The van der Waals surface area contributed by atoms with Gasteiger partial charge in [-0.25, -0.2) is 4.39 Å². The van der Waals surface area contributed by atoms with Crippen LogP contribution in [-0.2, 0) is 13.1 Å². The van der Waals surface area contributed by atoms with Crippen molar-refractivity contribution in [1.29, 1.82) is 5.26 Å². The zero-order valence-corrected chi connectivity index (χ0v) is 16.2. The SMILES string of the molecule is CN=C(NCc1ccc(C#N)cc1F)NC1CCN(Cc2ccccc2)CC1. The smallest absolute Gasteiger partial charge is 0.191 e. The molecule has 0 spiro atoms. The second-order valence-electron chi connectivity index (χ2n) is 7.02. The maximum absolute atomic E-state index is 14.0. The molecule has 2 N–H and O–H groups in total. The number of nitrogens with one attached hydrogen (secondary N) is 2. The van der Waals surface area contributed by atoms with Gasteiger partial charge in [-0.2, -0.15) is 5.26 Å². The van der Waals surface area contributed by atoms with E-state index in [2.05, 4.69) is 44.8 Å². The first-order valence-corrected chi connectivity index (χ1v) is 9.60. The first-order chi connectivity index (χ1) is 13.7. The van der Waals surface area contributed by atoms with Gasteiger partial charge in [0, 0.05) is 44.8 Å². The molecule has 6 heteroatoms. The molecule has 1 heterocycles. The van der Waals surface area contributed by atoms with Crippen molar-refractivity contribution in [3.05, 3.63) is 71.0 Å². The van der Waals surface area contributed by atoms with Crippen LogP contribution in [0.25, 0.3) is 0 Å². The van der Waals surface area contributed by atoms with E-state index in [1.54, 1.807) is 19.2 Å². The van der Waals surface area contributed by atoms with E-state index in [4.69, 9.17) is 5.26 Å². The highest BCUT2D eigenvalue weighted by atomic mass is 19.1. The number of nitrogens with zero attached hydrogens (tertiary/aromatic N) is 3. The van der Waals surface area contributed by atoms with Crippen LogP contribution in [0.1, 0.15) is 29.5 Å². The van der Waals surface area contributed by atoms with E-state index >= 15 is 0 Å². The van der Waals surface area contributed by atoms with Gasteiger partial charge in [0.1, 0.15) is 5.82 Å². The Balaban J connectivity index is 1.45. The number of piperidine rings is 1. The second kappa shape index (κ2) is 9.86. The van der Waals surface area contributed by atoms with Crippen molar-refractivity contribution in [3.63, 3.8) is 0 Å². The molecule has 0 amide bonds. The Morgan fingerprint density at radius 2 is 1.96 bits per heavy atom. The minimum Gasteiger partial charge on any atom is -0.354 e. The Hall–Kier alpha value is -2.91. The number of benzene rings is 2. The van der Waals surface area contributed by atoms with Gasteiger partial charge in [-0.15, -0.1) is 0 Å². The summed E-state index contributed by atoms with van der Waals surface area (Å²) in [6, 6.07) is 17.3. The quantitative estimate of drug-likeness (QED) is 0.619. The molecule has 0 unspecified atom stereocenters. The molecule has 146 valence electrons. The van der Waals surface area contributed by atoms with Crippen molar-refractivity contribution >= 4 is 5.96 Å². The molecule has 0 saturated carbocycles. The van der Waals surface area contributed by atoms with Gasteiger partial charge in [-0.1, -0.05) is 36.4 Å². The molecule has 0 aliphatic carbocycles. The normalized spacial score (nSPS) is 15.8. The first-order valence-electron chi connectivity index (χ1n) is 9.60. The number of likely N-dealkylation sites (tertiary alicyclic amines) is 1. The Kier molecular flexibility index (Phi) is 6.99. The van der Waals surface area contributed by atoms with Gasteiger partial charge in [0.05, 0.1) is 11.6 Å². The molecule has 1 aliphatic heterocycles. The average molecular weight is 379 g/mol. The van der Waals surface area contributed by atoms with Gasteiger partial charge in [0.25, 0.3) is 0 Å². The standard InChI is InChI=1S/C22H26FN5/c1-25-22(26-15-19-8-7-18(14-24)13-21(19)23)27-20-9-11-28(12-10-20)16-17-5-3-2-4-6-17/h2-8,13,20H,9-12,15-16H2,1H3,(H2,25,26,27). The summed E-state index contributed by atoms with van der Waals surface area (Å²) in [7, 11) is 1.72. The number of nitriles is 1. The summed E-state index contributed by atoms with van der Waals surface area (Å²) in [5, 5.41) is 15.4. The molecule has 0 aromatic heterocycles. The van der Waals surface area contributed by atoms with E-state index in [1.807, 2.05) is 12.1 Å². The molecule has 5 nitrogen and oxygen atoms in total. The highest BCUT2D eigenvalue weighted by Crippen LogP contribution is 2.14. The molecular weight excluding hydrogens is 353 g/mol. The minimum atomic E-state index is -0.378. The van der Waals surface area contributed by atoms with Crippen molar-refractivity contribution in [2.45, 2.75) is 32.0 Å². The van der Waals surface area contributed by atoms with Crippen LogP contribution in [-0.4, -0.2) is 37.0 Å². The van der Waals surface area contributed by atoms with Gasteiger partial charge in [0.15, 0.2) is 5.96 Å². The van der Waals surface area contributed by atoms with E-state index in [-0.39, 0.29) is 5.82 Å². The molecule has 1 aliphatic rings. The third-order valence-electron chi connectivity index (χ3n) is 5.03. The van der Waals surface area contributed by atoms with Crippen molar-refractivity contribution in [2.24, 2.45) is 4.99 Å². The van der Waals surface area contributed by atoms with Crippen molar-refractivity contribution < 1.29 is 4.39 Å². The van der Waals surface area contributed by atoms with Crippen LogP contribution in [0, 0.1) is 17.1 Å². The Bertz CT molecular complexity index is 836. The number of hydrogen-bond donors (Lipinski definition) is 2. The summed E-state index contributed by atoms with van der Waals surface area (Å²) in [6.07, 6.45) is 2.08. The first kappa shape index (κ1) is 19.8. The number of guanidine groups is 1. The van der Waals surface area contributed by atoms with Crippen LogP contribution in [0.3, 0.4) is 0 Å². The average Bonchev–Trinajstić information content (AvgIpc) is 2.73. The Morgan fingerprint density at radius 3 is 2.61 bits per heavy atom. The maximum atomic E-state index is 14.0. The molecule has 2 aromatic rings. The largest absolute Gasteiger partial charge is 0.354 e. The lowest BCUT2D eigenvalue weighted by Crippen LogP contribution is -2.48. The predicted octanol–water partition coefficient (Wildman–Crippen LogP) is 3.03. The van der Waals surface area contributed by atoms with E-state index in [0.29, 0.717) is 29.7 Å². The van der Waals surface area contributed by atoms with E-state index in [9.17, 15) is 4.39 Å². The fraction of sp³-hybridized carbons (Fsp3) is 0.364. The van der Waals surface area contributed by atoms with Crippen LogP contribution < -0.4 is 10.6 Å². The van der Waals surface area contributed by atoms with Crippen LogP contribution in [0.2, 0.25) is 0 Å². The molecule has 1 saturated heterocycles. The van der Waals surface area contributed by atoms with E-state index in [1.165, 1.54) is 11.6 Å². The second-order valence-corrected chi connectivity index (χ2v) is 7.02. The highest BCUT2D eigenvalue weighted by molar-refractivity contribution is 5.79.